The fraction of sp³-hybridized carbons (Fsp3) is 0.487. The van der Waals surface area contributed by atoms with Gasteiger partial charge in [-0.05, 0) is 73.2 Å². The normalized spacial score (nSPS) is 22.2. The molecule has 5 heterocycles. The molecule has 4 fully saturated rings. The van der Waals surface area contributed by atoms with E-state index in [1.807, 2.05) is 48.2 Å². The van der Waals surface area contributed by atoms with Gasteiger partial charge in [0.15, 0.2) is 5.82 Å². The first-order chi connectivity index (χ1) is 25.2. The fourth-order valence-electron chi connectivity index (χ4n) is 7.42. The summed E-state index contributed by atoms with van der Waals surface area (Å²) in [6.45, 7) is 10.0. The van der Waals surface area contributed by atoms with E-state index in [-0.39, 0.29) is 53.6 Å². The third-order valence-corrected chi connectivity index (χ3v) is 10.4. The van der Waals surface area contributed by atoms with Gasteiger partial charge in [0, 0.05) is 68.7 Å². The van der Waals surface area contributed by atoms with Crippen molar-refractivity contribution in [3.8, 4) is 34.1 Å². The van der Waals surface area contributed by atoms with Crippen molar-refractivity contribution in [2.24, 2.45) is 5.92 Å². The molecular weight excluding hydrogens is 663 g/mol. The van der Waals surface area contributed by atoms with Gasteiger partial charge < -0.3 is 24.6 Å². The van der Waals surface area contributed by atoms with Crippen molar-refractivity contribution in [1.29, 1.82) is 0 Å². The molecule has 1 N–H and O–H groups in total. The first-order valence-corrected chi connectivity index (χ1v) is 18.5. The van der Waals surface area contributed by atoms with Gasteiger partial charge in [0.2, 0.25) is 11.8 Å². The first kappa shape index (κ1) is 34.3. The summed E-state index contributed by atoms with van der Waals surface area (Å²) in [6.07, 6.45) is 2.74. The van der Waals surface area contributed by atoms with Crippen LogP contribution in [-0.4, -0.2) is 91.5 Å². The number of hydrogen-bond acceptors (Lipinski definition) is 9. The quantitative estimate of drug-likeness (QED) is 0.221. The Morgan fingerprint density at radius 2 is 1.85 bits per heavy atom. The van der Waals surface area contributed by atoms with Gasteiger partial charge in [-0.2, -0.15) is 15.3 Å². The molecule has 272 valence electrons. The van der Waals surface area contributed by atoms with Gasteiger partial charge in [0.1, 0.15) is 23.1 Å². The summed E-state index contributed by atoms with van der Waals surface area (Å²) in [5.41, 5.74) is 3.29. The largest absolute Gasteiger partial charge is 0.457 e. The SMILES string of the molecule is CC1CC(=O)N(Cc2cc(F)c(-c3nc(C4CC(=O)N(C5CC5)C4)n(CC4CNCCO4)n3)cc2Oc2ccc(-c3ccc(C(C)C)nn3)cc2)C1. The summed E-state index contributed by atoms with van der Waals surface area (Å²) in [7, 11) is 0. The third kappa shape index (κ3) is 7.29. The van der Waals surface area contributed by atoms with Gasteiger partial charge in [-0.3, -0.25) is 9.59 Å². The minimum absolute atomic E-state index is 0.0349. The van der Waals surface area contributed by atoms with Crippen LogP contribution in [0.5, 0.6) is 11.5 Å². The number of nitrogens with zero attached hydrogens (tertiary/aromatic N) is 7. The number of hydrogen-bond donors (Lipinski definition) is 1. The maximum atomic E-state index is 16.3. The van der Waals surface area contributed by atoms with Crippen LogP contribution in [0, 0.1) is 11.7 Å². The zero-order valence-corrected chi connectivity index (χ0v) is 29.9. The Morgan fingerprint density at radius 1 is 1.02 bits per heavy atom. The van der Waals surface area contributed by atoms with Crippen LogP contribution in [-0.2, 0) is 27.4 Å². The maximum Gasteiger partial charge on any atom is 0.223 e. The van der Waals surface area contributed by atoms with Gasteiger partial charge in [-0.25, -0.2) is 14.1 Å². The molecule has 3 unspecified atom stereocenters. The van der Waals surface area contributed by atoms with E-state index in [4.69, 9.17) is 19.6 Å². The highest BCUT2D eigenvalue weighted by Gasteiger charge is 2.42. The molecule has 0 radical (unpaired) electrons. The molecule has 1 saturated carbocycles. The van der Waals surface area contributed by atoms with E-state index < -0.39 is 5.82 Å². The zero-order chi connectivity index (χ0) is 35.9. The third-order valence-electron chi connectivity index (χ3n) is 10.4. The van der Waals surface area contributed by atoms with Crippen LogP contribution in [0.3, 0.4) is 0 Å². The van der Waals surface area contributed by atoms with Crippen LogP contribution in [0.15, 0.2) is 48.5 Å². The molecule has 2 aromatic heterocycles. The summed E-state index contributed by atoms with van der Waals surface area (Å²) < 4.78 is 30.6. The lowest BCUT2D eigenvalue weighted by Crippen LogP contribution is -2.41. The van der Waals surface area contributed by atoms with Crippen molar-refractivity contribution in [3.05, 3.63) is 71.4 Å². The average molecular weight is 709 g/mol. The van der Waals surface area contributed by atoms with Crippen molar-refractivity contribution in [3.63, 3.8) is 0 Å². The zero-order valence-electron chi connectivity index (χ0n) is 29.9. The van der Waals surface area contributed by atoms with E-state index in [2.05, 4.69) is 29.4 Å². The number of aromatic nitrogens is 5. The van der Waals surface area contributed by atoms with E-state index >= 15 is 4.39 Å². The minimum atomic E-state index is -0.512. The smallest absolute Gasteiger partial charge is 0.223 e. The van der Waals surface area contributed by atoms with Crippen LogP contribution in [0.25, 0.3) is 22.6 Å². The summed E-state index contributed by atoms with van der Waals surface area (Å²) in [4.78, 5) is 34.4. The Hall–Kier alpha value is -4.75. The second-order valence-electron chi connectivity index (χ2n) is 15.0. The number of carbonyl (C=O) groups is 2. The number of likely N-dealkylation sites (tertiary alicyclic amines) is 2. The summed E-state index contributed by atoms with van der Waals surface area (Å²) in [6, 6.07) is 14.8. The molecule has 1 aliphatic carbocycles. The Morgan fingerprint density at radius 3 is 2.52 bits per heavy atom. The van der Waals surface area contributed by atoms with Crippen LogP contribution in [0.2, 0.25) is 0 Å². The van der Waals surface area contributed by atoms with Crippen molar-refractivity contribution in [2.75, 3.05) is 32.8 Å². The van der Waals surface area contributed by atoms with Gasteiger partial charge in [-0.15, -0.1) is 0 Å². The fourth-order valence-corrected chi connectivity index (χ4v) is 7.42. The highest BCUT2D eigenvalue weighted by molar-refractivity contribution is 5.80. The predicted octanol–water partition coefficient (Wildman–Crippen LogP) is 5.29. The topological polar surface area (TPSA) is 128 Å². The summed E-state index contributed by atoms with van der Waals surface area (Å²) in [5, 5.41) is 17.0. The van der Waals surface area contributed by atoms with E-state index in [1.165, 1.54) is 6.07 Å². The lowest BCUT2D eigenvalue weighted by Gasteiger charge is -2.24. The molecular formula is C39H45FN8O4. The summed E-state index contributed by atoms with van der Waals surface area (Å²) in [5.74, 6) is 1.83. The van der Waals surface area contributed by atoms with Crippen LogP contribution in [0.1, 0.15) is 75.4 Å². The Bertz CT molecular complexity index is 1940. The molecule has 0 spiro atoms. The minimum Gasteiger partial charge on any atom is -0.457 e. The monoisotopic (exact) mass is 708 g/mol. The van der Waals surface area contributed by atoms with E-state index in [0.717, 1.165) is 36.3 Å². The molecule has 8 rings (SSSR count). The molecule has 12 nitrogen and oxygen atoms in total. The number of ether oxygens (including phenoxy) is 2. The van der Waals surface area contributed by atoms with Crippen LogP contribution < -0.4 is 10.1 Å². The molecule has 2 amide bonds. The molecule has 4 aliphatic rings. The maximum absolute atomic E-state index is 16.3. The molecule has 3 saturated heterocycles. The lowest BCUT2D eigenvalue weighted by atomic mass is 10.1. The number of benzene rings is 2. The van der Waals surface area contributed by atoms with Gasteiger partial charge in [0.05, 0.1) is 36.2 Å². The van der Waals surface area contributed by atoms with Crippen molar-refractivity contribution in [1.82, 2.24) is 40.1 Å². The van der Waals surface area contributed by atoms with Crippen LogP contribution >= 0.6 is 0 Å². The number of amides is 2. The van der Waals surface area contributed by atoms with E-state index in [9.17, 15) is 9.59 Å². The second-order valence-corrected chi connectivity index (χ2v) is 15.0. The molecule has 13 heteroatoms. The van der Waals surface area contributed by atoms with Crippen molar-refractivity contribution < 1.29 is 23.5 Å². The molecule has 2 aromatic carbocycles. The molecule has 0 bridgehead atoms. The Balaban J connectivity index is 1.12. The molecule has 3 aliphatic heterocycles. The lowest BCUT2D eigenvalue weighted by molar-refractivity contribution is -0.129. The van der Waals surface area contributed by atoms with Gasteiger partial charge in [-0.1, -0.05) is 20.8 Å². The molecule has 4 aromatic rings. The standard InChI is InChI=1S/C39H45FN8O4/c1-23(2)33-10-11-34(44-43-33)25-4-8-29(9-5-25)52-35-17-31(32(40)15-26(35)20-46-19-24(3)14-36(46)49)38-42-39(27-16-37(50)47(21-27)28-6-7-28)48(45-38)22-30-18-41-12-13-51-30/h4-5,8-11,15,17,23-24,27-28,30,41H,6-7,12-14,16,18-22H2,1-3H3. The van der Waals surface area contributed by atoms with E-state index in [0.29, 0.717) is 74.6 Å². The number of halogens is 1. The molecule has 3 atom stereocenters. The van der Waals surface area contributed by atoms with Crippen molar-refractivity contribution in [2.45, 2.75) is 83.5 Å². The Labute approximate surface area is 302 Å². The number of morpholine rings is 1. The number of nitrogens with one attached hydrogen (secondary N) is 1. The molecule has 52 heavy (non-hydrogen) atoms. The average Bonchev–Trinajstić information content (AvgIpc) is 3.66. The van der Waals surface area contributed by atoms with Crippen LogP contribution in [0.4, 0.5) is 4.39 Å². The van der Waals surface area contributed by atoms with Gasteiger partial charge >= 0.3 is 0 Å². The Kier molecular flexibility index (Phi) is 9.47. The first-order valence-electron chi connectivity index (χ1n) is 18.5. The van der Waals surface area contributed by atoms with Gasteiger partial charge in [0.25, 0.3) is 0 Å². The van der Waals surface area contributed by atoms with E-state index in [1.54, 1.807) is 15.6 Å². The predicted molar refractivity (Wildman–Crippen MR) is 191 cm³/mol. The highest BCUT2D eigenvalue weighted by atomic mass is 19.1. The second kappa shape index (κ2) is 14.3. The number of rotatable bonds is 11. The number of carbonyl (C=O) groups excluding carboxylic acids is 2. The summed E-state index contributed by atoms with van der Waals surface area (Å²) >= 11 is 0. The highest BCUT2D eigenvalue weighted by Crippen LogP contribution is 2.38. The van der Waals surface area contributed by atoms with Crippen molar-refractivity contribution >= 4 is 11.8 Å².